The molecule has 1 heterocycles. The van der Waals surface area contributed by atoms with E-state index < -0.39 is 0 Å². The van der Waals surface area contributed by atoms with Crippen molar-refractivity contribution in [1.29, 1.82) is 0 Å². The SMILES string of the molecule is Nc1ccc(C(=O)NCC(=O)N2CCCCC2)c(Cl)c1. The summed E-state index contributed by atoms with van der Waals surface area (Å²) in [5, 5.41) is 2.89. The van der Waals surface area contributed by atoms with E-state index in [0.29, 0.717) is 11.3 Å². The van der Waals surface area contributed by atoms with Gasteiger partial charge in [0.1, 0.15) is 0 Å². The number of amides is 2. The van der Waals surface area contributed by atoms with E-state index in [4.69, 9.17) is 17.3 Å². The normalized spacial score (nSPS) is 14.9. The Labute approximate surface area is 123 Å². The van der Waals surface area contributed by atoms with E-state index in [0.717, 1.165) is 32.4 Å². The molecule has 0 aromatic heterocycles. The molecule has 1 aromatic carbocycles. The van der Waals surface area contributed by atoms with E-state index in [9.17, 15) is 9.59 Å². The topological polar surface area (TPSA) is 75.4 Å². The molecule has 0 saturated carbocycles. The Kier molecular flexibility index (Phi) is 4.84. The van der Waals surface area contributed by atoms with E-state index >= 15 is 0 Å². The second-order valence-corrected chi connectivity index (χ2v) is 5.27. The number of rotatable bonds is 3. The Balaban J connectivity index is 1.89. The van der Waals surface area contributed by atoms with Gasteiger partial charge in [-0.3, -0.25) is 9.59 Å². The minimum atomic E-state index is -0.361. The van der Waals surface area contributed by atoms with Gasteiger partial charge in [0, 0.05) is 18.8 Å². The van der Waals surface area contributed by atoms with Gasteiger partial charge in [0.2, 0.25) is 5.91 Å². The maximum atomic E-state index is 12.0. The van der Waals surface area contributed by atoms with Crippen LogP contribution in [-0.4, -0.2) is 36.3 Å². The van der Waals surface area contributed by atoms with Crippen LogP contribution in [0.1, 0.15) is 29.6 Å². The molecule has 0 aliphatic carbocycles. The lowest BCUT2D eigenvalue weighted by Crippen LogP contribution is -2.42. The number of anilines is 1. The average Bonchev–Trinajstić information content (AvgIpc) is 2.45. The molecule has 108 valence electrons. The van der Waals surface area contributed by atoms with Crippen LogP contribution in [0.3, 0.4) is 0 Å². The number of hydrogen-bond donors (Lipinski definition) is 2. The highest BCUT2D eigenvalue weighted by Crippen LogP contribution is 2.18. The zero-order valence-corrected chi connectivity index (χ0v) is 11.9. The van der Waals surface area contributed by atoms with E-state index in [-0.39, 0.29) is 23.4 Å². The molecule has 6 heteroatoms. The van der Waals surface area contributed by atoms with E-state index in [1.165, 1.54) is 6.07 Å². The second kappa shape index (κ2) is 6.61. The molecule has 20 heavy (non-hydrogen) atoms. The lowest BCUT2D eigenvalue weighted by Gasteiger charge is -2.26. The van der Waals surface area contributed by atoms with Crippen LogP contribution in [0.25, 0.3) is 0 Å². The number of likely N-dealkylation sites (tertiary alicyclic amines) is 1. The summed E-state index contributed by atoms with van der Waals surface area (Å²) in [5.74, 6) is -0.412. The molecule has 1 aliphatic heterocycles. The van der Waals surface area contributed by atoms with E-state index in [2.05, 4.69) is 5.32 Å². The first kappa shape index (κ1) is 14.7. The summed E-state index contributed by atoms with van der Waals surface area (Å²) in [6.07, 6.45) is 3.23. The highest BCUT2D eigenvalue weighted by atomic mass is 35.5. The number of nitrogens with zero attached hydrogens (tertiary/aromatic N) is 1. The van der Waals surface area contributed by atoms with Crippen LogP contribution < -0.4 is 11.1 Å². The molecule has 0 atom stereocenters. The second-order valence-electron chi connectivity index (χ2n) is 4.86. The number of nitrogens with two attached hydrogens (primary N) is 1. The number of carbonyl (C=O) groups is 2. The summed E-state index contributed by atoms with van der Waals surface area (Å²) >= 11 is 5.95. The maximum Gasteiger partial charge on any atom is 0.253 e. The summed E-state index contributed by atoms with van der Waals surface area (Å²) in [4.78, 5) is 25.7. The van der Waals surface area contributed by atoms with E-state index in [1.807, 2.05) is 0 Å². The number of piperidine rings is 1. The number of nitrogen functional groups attached to an aromatic ring is 1. The van der Waals surface area contributed by atoms with Crippen LogP contribution >= 0.6 is 11.6 Å². The summed E-state index contributed by atoms with van der Waals surface area (Å²) in [6, 6.07) is 4.68. The van der Waals surface area contributed by atoms with Gasteiger partial charge in [-0.1, -0.05) is 11.6 Å². The smallest absolute Gasteiger partial charge is 0.253 e. The molecule has 1 aromatic rings. The molecule has 0 bridgehead atoms. The Bertz CT molecular complexity index is 513. The monoisotopic (exact) mass is 295 g/mol. The van der Waals surface area contributed by atoms with Crippen molar-refractivity contribution in [3.05, 3.63) is 28.8 Å². The standard InChI is InChI=1S/C14H18ClN3O2/c15-12-8-10(16)4-5-11(12)14(20)17-9-13(19)18-6-2-1-3-7-18/h4-5,8H,1-3,6-7,9,16H2,(H,17,20). The fraction of sp³-hybridized carbons (Fsp3) is 0.429. The van der Waals surface area contributed by atoms with Gasteiger partial charge in [0.25, 0.3) is 5.91 Å². The first-order valence-electron chi connectivity index (χ1n) is 6.69. The molecular formula is C14H18ClN3O2. The van der Waals surface area contributed by atoms with E-state index in [1.54, 1.807) is 17.0 Å². The highest BCUT2D eigenvalue weighted by molar-refractivity contribution is 6.34. The highest BCUT2D eigenvalue weighted by Gasteiger charge is 2.18. The van der Waals surface area contributed by atoms with Crippen molar-refractivity contribution in [3.8, 4) is 0 Å². The number of hydrogen-bond acceptors (Lipinski definition) is 3. The molecule has 1 fully saturated rings. The van der Waals surface area contributed by atoms with Crippen LogP contribution in [0.4, 0.5) is 5.69 Å². The zero-order valence-electron chi connectivity index (χ0n) is 11.2. The third-order valence-electron chi connectivity index (χ3n) is 3.35. The largest absolute Gasteiger partial charge is 0.399 e. The first-order valence-corrected chi connectivity index (χ1v) is 7.07. The lowest BCUT2D eigenvalue weighted by molar-refractivity contribution is -0.130. The Morgan fingerprint density at radius 1 is 1.25 bits per heavy atom. The van der Waals surface area contributed by atoms with Crippen molar-refractivity contribution in [3.63, 3.8) is 0 Å². The molecule has 5 nitrogen and oxygen atoms in total. The Morgan fingerprint density at radius 3 is 2.60 bits per heavy atom. The molecule has 0 radical (unpaired) electrons. The minimum absolute atomic E-state index is 0.000458. The van der Waals surface area contributed by atoms with Crippen molar-refractivity contribution in [2.75, 3.05) is 25.4 Å². The Hall–Kier alpha value is -1.75. The van der Waals surface area contributed by atoms with Gasteiger partial charge in [-0.05, 0) is 37.5 Å². The van der Waals surface area contributed by atoms with Crippen molar-refractivity contribution in [2.24, 2.45) is 0 Å². The van der Waals surface area contributed by atoms with Gasteiger partial charge in [-0.2, -0.15) is 0 Å². The molecule has 0 spiro atoms. The fourth-order valence-electron chi connectivity index (χ4n) is 2.22. The van der Waals surface area contributed by atoms with Gasteiger partial charge >= 0.3 is 0 Å². The maximum absolute atomic E-state index is 12.0. The summed E-state index contributed by atoms with van der Waals surface area (Å²) in [7, 11) is 0. The molecule has 0 unspecified atom stereocenters. The quantitative estimate of drug-likeness (QED) is 0.833. The summed E-state index contributed by atoms with van der Waals surface area (Å²) in [5.41, 5.74) is 6.39. The van der Waals surface area contributed by atoms with Gasteiger partial charge in [0.15, 0.2) is 0 Å². The average molecular weight is 296 g/mol. The molecule has 2 amide bonds. The number of nitrogens with one attached hydrogen (secondary N) is 1. The van der Waals surface area contributed by atoms with Gasteiger partial charge in [-0.15, -0.1) is 0 Å². The molecule has 1 saturated heterocycles. The van der Waals surface area contributed by atoms with Gasteiger partial charge in [-0.25, -0.2) is 0 Å². The van der Waals surface area contributed by atoms with Crippen molar-refractivity contribution < 1.29 is 9.59 Å². The van der Waals surface area contributed by atoms with Crippen molar-refractivity contribution in [2.45, 2.75) is 19.3 Å². The fourth-order valence-corrected chi connectivity index (χ4v) is 2.50. The van der Waals surface area contributed by atoms with Gasteiger partial charge < -0.3 is 16.0 Å². The van der Waals surface area contributed by atoms with Crippen LogP contribution in [0.5, 0.6) is 0 Å². The van der Waals surface area contributed by atoms with Crippen LogP contribution in [0.15, 0.2) is 18.2 Å². The predicted molar refractivity (Wildman–Crippen MR) is 78.6 cm³/mol. The van der Waals surface area contributed by atoms with Crippen LogP contribution in [0.2, 0.25) is 5.02 Å². The zero-order chi connectivity index (χ0) is 14.5. The van der Waals surface area contributed by atoms with Crippen molar-refractivity contribution in [1.82, 2.24) is 10.2 Å². The predicted octanol–water partition coefficient (Wildman–Crippen LogP) is 1.66. The minimum Gasteiger partial charge on any atom is -0.399 e. The summed E-state index contributed by atoms with van der Waals surface area (Å²) < 4.78 is 0. The third kappa shape index (κ3) is 3.63. The molecular weight excluding hydrogens is 278 g/mol. The van der Waals surface area contributed by atoms with Gasteiger partial charge in [0.05, 0.1) is 17.1 Å². The lowest BCUT2D eigenvalue weighted by atomic mass is 10.1. The molecule has 1 aliphatic rings. The van der Waals surface area contributed by atoms with Crippen LogP contribution in [0, 0.1) is 0 Å². The number of benzene rings is 1. The van der Waals surface area contributed by atoms with Crippen LogP contribution in [-0.2, 0) is 4.79 Å². The first-order chi connectivity index (χ1) is 9.58. The Morgan fingerprint density at radius 2 is 1.95 bits per heavy atom. The molecule has 3 N–H and O–H groups in total. The van der Waals surface area contributed by atoms with Crippen molar-refractivity contribution >= 4 is 29.1 Å². The number of carbonyl (C=O) groups excluding carboxylic acids is 2. The number of halogens is 1. The third-order valence-corrected chi connectivity index (χ3v) is 3.66. The summed E-state index contributed by atoms with van der Waals surface area (Å²) in [6.45, 7) is 1.55. The molecule has 2 rings (SSSR count).